The maximum Gasteiger partial charge on any atom is 0.261 e. The zero-order valence-corrected chi connectivity index (χ0v) is 19.5. The minimum atomic E-state index is -3.18. The molecule has 0 saturated carbocycles. The van der Waals surface area contributed by atoms with Gasteiger partial charge in [-0.15, -0.1) is 0 Å². The fraction of sp³-hybridized carbons (Fsp3) is 0.381. The molecule has 2 aromatic carbocycles. The molecule has 0 aromatic heterocycles. The van der Waals surface area contributed by atoms with Gasteiger partial charge in [-0.3, -0.25) is 4.79 Å². The Labute approximate surface area is 191 Å². The molecule has 1 aliphatic heterocycles. The molecule has 0 radical (unpaired) electrons. The molecule has 168 valence electrons. The van der Waals surface area contributed by atoms with Crippen molar-refractivity contribution in [2.75, 3.05) is 32.3 Å². The second kappa shape index (κ2) is 9.97. The number of halogens is 2. The number of ether oxygens (including phenoxy) is 3. The molecule has 31 heavy (non-hydrogen) atoms. The predicted molar refractivity (Wildman–Crippen MR) is 119 cm³/mol. The number of nitrogens with zero attached hydrogens (tertiary/aromatic N) is 1. The monoisotopic (exact) mass is 487 g/mol. The standard InChI is InChI=1S/C21H23Cl2NO6S/c1-28-19-5-3-14(9-20(19)29-2)11-24(16-7-8-31(26,27)13-16)21(25)12-30-18-6-4-15(22)10-17(18)23/h3-6,9-10,16H,7-8,11-13H2,1-2H3/t16-/m0/s1. The van der Waals surface area contributed by atoms with Crippen LogP contribution in [0.2, 0.25) is 10.0 Å². The molecule has 1 heterocycles. The number of carbonyl (C=O) groups is 1. The first-order valence-corrected chi connectivity index (χ1v) is 12.1. The van der Waals surface area contributed by atoms with Crippen LogP contribution in [0, 0.1) is 0 Å². The Bertz CT molecular complexity index is 1060. The van der Waals surface area contributed by atoms with Crippen LogP contribution in [0.5, 0.6) is 17.2 Å². The summed E-state index contributed by atoms with van der Waals surface area (Å²) in [7, 11) is -0.120. The number of carbonyl (C=O) groups excluding carboxylic acids is 1. The molecule has 1 amide bonds. The Morgan fingerprint density at radius 2 is 1.77 bits per heavy atom. The van der Waals surface area contributed by atoms with E-state index in [-0.39, 0.29) is 35.6 Å². The van der Waals surface area contributed by atoms with Crippen molar-refractivity contribution in [1.82, 2.24) is 4.90 Å². The lowest BCUT2D eigenvalue weighted by Gasteiger charge is -2.28. The Morgan fingerprint density at radius 3 is 2.39 bits per heavy atom. The van der Waals surface area contributed by atoms with Crippen molar-refractivity contribution in [3.63, 3.8) is 0 Å². The SMILES string of the molecule is COc1ccc(CN(C(=O)COc2ccc(Cl)cc2Cl)[C@H]2CCS(=O)(=O)C2)cc1OC. The molecular weight excluding hydrogens is 465 g/mol. The van der Waals surface area contributed by atoms with Gasteiger partial charge in [0, 0.05) is 17.6 Å². The van der Waals surface area contributed by atoms with E-state index in [2.05, 4.69) is 0 Å². The zero-order valence-electron chi connectivity index (χ0n) is 17.1. The average Bonchev–Trinajstić information content (AvgIpc) is 3.10. The van der Waals surface area contributed by atoms with Gasteiger partial charge in [-0.05, 0) is 42.3 Å². The molecule has 2 aromatic rings. The summed E-state index contributed by atoms with van der Waals surface area (Å²) in [5, 5.41) is 0.741. The van der Waals surface area contributed by atoms with Crippen molar-refractivity contribution in [1.29, 1.82) is 0 Å². The molecule has 0 aliphatic carbocycles. The van der Waals surface area contributed by atoms with Crippen LogP contribution >= 0.6 is 23.2 Å². The summed E-state index contributed by atoms with van der Waals surface area (Å²) in [5.74, 6) is 1.04. The summed E-state index contributed by atoms with van der Waals surface area (Å²) in [4.78, 5) is 14.6. The number of hydrogen-bond donors (Lipinski definition) is 0. The molecule has 0 unspecified atom stereocenters. The van der Waals surface area contributed by atoms with Gasteiger partial charge in [0.2, 0.25) is 0 Å². The number of benzene rings is 2. The number of sulfone groups is 1. The van der Waals surface area contributed by atoms with Crippen LogP contribution in [0.1, 0.15) is 12.0 Å². The van der Waals surface area contributed by atoms with Gasteiger partial charge in [-0.25, -0.2) is 8.42 Å². The third-order valence-corrected chi connectivity index (χ3v) is 7.30. The number of hydrogen-bond acceptors (Lipinski definition) is 6. The van der Waals surface area contributed by atoms with Crippen LogP contribution in [0.3, 0.4) is 0 Å². The van der Waals surface area contributed by atoms with E-state index in [1.54, 1.807) is 24.3 Å². The first-order valence-electron chi connectivity index (χ1n) is 9.51. The molecule has 0 N–H and O–H groups in total. The second-order valence-electron chi connectivity index (χ2n) is 7.13. The van der Waals surface area contributed by atoms with Gasteiger partial charge in [0.25, 0.3) is 5.91 Å². The molecule has 3 rings (SSSR count). The molecule has 1 fully saturated rings. The van der Waals surface area contributed by atoms with Crippen molar-refractivity contribution < 1.29 is 27.4 Å². The van der Waals surface area contributed by atoms with E-state index >= 15 is 0 Å². The van der Waals surface area contributed by atoms with Crippen LogP contribution in [0.25, 0.3) is 0 Å². The highest BCUT2D eigenvalue weighted by Crippen LogP contribution is 2.30. The van der Waals surface area contributed by atoms with Gasteiger partial charge in [0.15, 0.2) is 27.9 Å². The smallest absolute Gasteiger partial charge is 0.261 e. The van der Waals surface area contributed by atoms with Gasteiger partial charge < -0.3 is 19.1 Å². The van der Waals surface area contributed by atoms with Crippen LogP contribution in [0.4, 0.5) is 0 Å². The molecular formula is C21H23Cl2NO6S. The number of amides is 1. The molecule has 0 spiro atoms. The summed E-state index contributed by atoms with van der Waals surface area (Å²) in [6.07, 6.45) is 0.378. The van der Waals surface area contributed by atoms with E-state index in [4.69, 9.17) is 37.4 Å². The van der Waals surface area contributed by atoms with Crippen molar-refractivity contribution in [2.45, 2.75) is 19.0 Å². The molecule has 1 saturated heterocycles. The maximum absolute atomic E-state index is 13.1. The third kappa shape index (κ3) is 5.96. The summed E-state index contributed by atoms with van der Waals surface area (Å²) < 4.78 is 40.2. The fourth-order valence-corrected chi connectivity index (χ4v) is 5.63. The largest absolute Gasteiger partial charge is 0.493 e. The van der Waals surface area contributed by atoms with Crippen molar-refractivity contribution in [3.05, 3.63) is 52.0 Å². The van der Waals surface area contributed by atoms with Gasteiger partial charge in [-0.1, -0.05) is 29.3 Å². The summed E-state index contributed by atoms with van der Waals surface area (Å²) in [6.45, 7) is -0.0811. The molecule has 1 aliphatic rings. The first kappa shape index (κ1) is 23.5. The highest BCUT2D eigenvalue weighted by Gasteiger charge is 2.35. The normalized spacial score (nSPS) is 17.2. The van der Waals surface area contributed by atoms with E-state index < -0.39 is 15.9 Å². The zero-order chi connectivity index (χ0) is 22.6. The molecule has 1 atom stereocenters. The van der Waals surface area contributed by atoms with E-state index in [0.717, 1.165) is 5.56 Å². The third-order valence-electron chi connectivity index (χ3n) is 5.02. The Morgan fingerprint density at radius 1 is 1.06 bits per heavy atom. The minimum Gasteiger partial charge on any atom is -0.493 e. The van der Waals surface area contributed by atoms with Crippen molar-refractivity contribution >= 4 is 38.9 Å². The summed E-state index contributed by atoms with van der Waals surface area (Å²) in [5.41, 5.74) is 0.778. The van der Waals surface area contributed by atoms with Crippen LogP contribution in [-0.4, -0.2) is 57.6 Å². The second-order valence-corrected chi connectivity index (χ2v) is 10.2. The fourth-order valence-electron chi connectivity index (χ4n) is 3.43. The Balaban J connectivity index is 1.80. The Kier molecular flexibility index (Phi) is 7.56. The first-order chi connectivity index (χ1) is 14.7. The average molecular weight is 488 g/mol. The van der Waals surface area contributed by atoms with E-state index in [0.29, 0.717) is 28.7 Å². The molecule has 0 bridgehead atoms. The Hall–Kier alpha value is -2.16. The highest BCUT2D eigenvalue weighted by molar-refractivity contribution is 7.91. The van der Waals surface area contributed by atoms with Crippen LogP contribution in [-0.2, 0) is 21.2 Å². The lowest BCUT2D eigenvalue weighted by Crippen LogP contribution is -2.43. The van der Waals surface area contributed by atoms with Crippen molar-refractivity contribution in [3.8, 4) is 17.2 Å². The topological polar surface area (TPSA) is 82.1 Å². The number of rotatable bonds is 8. The van der Waals surface area contributed by atoms with Gasteiger partial charge in [-0.2, -0.15) is 0 Å². The predicted octanol–water partition coefficient (Wildman–Crippen LogP) is 3.61. The molecule has 7 nitrogen and oxygen atoms in total. The van der Waals surface area contributed by atoms with Crippen LogP contribution < -0.4 is 14.2 Å². The van der Waals surface area contributed by atoms with E-state index in [9.17, 15) is 13.2 Å². The van der Waals surface area contributed by atoms with Crippen LogP contribution in [0.15, 0.2) is 36.4 Å². The van der Waals surface area contributed by atoms with E-state index in [1.165, 1.54) is 25.2 Å². The van der Waals surface area contributed by atoms with E-state index in [1.807, 2.05) is 6.07 Å². The maximum atomic E-state index is 13.1. The van der Waals surface area contributed by atoms with Gasteiger partial charge >= 0.3 is 0 Å². The summed E-state index contributed by atoms with van der Waals surface area (Å²) >= 11 is 12.0. The lowest BCUT2D eigenvalue weighted by molar-refractivity contribution is -0.136. The minimum absolute atomic E-state index is 0.0528. The lowest BCUT2D eigenvalue weighted by atomic mass is 10.1. The molecule has 10 heteroatoms. The quantitative estimate of drug-likeness (QED) is 0.565. The summed E-state index contributed by atoms with van der Waals surface area (Å²) in [6, 6.07) is 9.59. The highest BCUT2D eigenvalue weighted by atomic mass is 35.5. The number of methoxy groups -OCH3 is 2. The van der Waals surface area contributed by atoms with Crippen molar-refractivity contribution in [2.24, 2.45) is 0 Å². The van der Waals surface area contributed by atoms with Gasteiger partial charge in [0.05, 0.1) is 30.7 Å². The van der Waals surface area contributed by atoms with Gasteiger partial charge in [0.1, 0.15) is 5.75 Å².